The standard InChI is InChI=1S/C19H22N4O3S/c1-22-12-19(26-18(22)25)8-5-9-23(13-19)17(24)20-10-16-21-15(11-27-16)14-6-3-2-4-7-14/h2-4,6-7,11H,5,8-10,12-13H2,1H3,(H,20,24)/t19-/m1/s1. The molecule has 3 amide bonds. The smallest absolute Gasteiger partial charge is 0.410 e. The molecule has 142 valence electrons. The molecule has 2 aromatic rings. The van der Waals surface area contributed by atoms with Gasteiger partial charge in [0, 0.05) is 24.5 Å². The summed E-state index contributed by atoms with van der Waals surface area (Å²) < 4.78 is 5.55. The number of piperidine rings is 1. The van der Waals surface area contributed by atoms with E-state index in [4.69, 9.17) is 4.74 Å². The number of likely N-dealkylation sites (N-methyl/N-ethyl adjacent to an activating group) is 1. The zero-order valence-corrected chi connectivity index (χ0v) is 16.0. The van der Waals surface area contributed by atoms with E-state index in [-0.39, 0.29) is 12.1 Å². The van der Waals surface area contributed by atoms with Crippen molar-refractivity contribution in [3.63, 3.8) is 0 Å². The van der Waals surface area contributed by atoms with Crippen molar-refractivity contribution in [3.05, 3.63) is 40.7 Å². The van der Waals surface area contributed by atoms with Gasteiger partial charge in [-0.3, -0.25) is 0 Å². The zero-order chi connectivity index (χ0) is 18.9. The SMILES string of the molecule is CN1C[C@@]2(CCCN(C(=O)NCc3nc(-c4ccccc4)cs3)C2)OC1=O. The van der Waals surface area contributed by atoms with Gasteiger partial charge < -0.3 is 19.9 Å². The first-order chi connectivity index (χ1) is 13.0. The lowest BCUT2D eigenvalue weighted by Crippen LogP contribution is -2.54. The summed E-state index contributed by atoms with van der Waals surface area (Å²) in [6, 6.07) is 9.83. The van der Waals surface area contributed by atoms with Crippen molar-refractivity contribution in [2.75, 3.05) is 26.7 Å². The van der Waals surface area contributed by atoms with Gasteiger partial charge in [-0.05, 0) is 12.8 Å². The molecular formula is C19H22N4O3S. The summed E-state index contributed by atoms with van der Waals surface area (Å²) in [6.45, 7) is 2.02. The van der Waals surface area contributed by atoms with E-state index in [0.29, 0.717) is 26.2 Å². The Morgan fingerprint density at radius 2 is 2.15 bits per heavy atom. The minimum atomic E-state index is -0.566. The third-order valence-electron chi connectivity index (χ3n) is 4.98. The van der Waals surface area contributed by atoms with Gasteiger partial charge in [0.1, 0.15) is 10.6 Å². The summed E-state index contributed by atoms with van der Waals surface area (Å²) >= 11 is 1.53. The fraction of sp³-hybridized carbons (Fsp3) is 0.421. The van der Waals surface area contributed by atoms with Gasteiger partial charge >= 0.3 is 12.1 Å². The molecule has 4 rings (SSSR count). The Morgan fingerprint density at radius 3 is 2.89 bits per heavy atom. The summed E-state index contributed by atoms with van der Waals surface area (Å²) in [6.07, 6.45) is 1.30. The van der Waals surface area contributed by atoms with Crippen molar-refractivity contribution in [2.24, 2.45) is 0 Å². The number of urea groups is 1. The molecule has 0 saturated carbocycles. The van der Waals surface area contributed by atoms with Crippen molar-refractivity contribution in [1.29, 1.82) is 0 Å². The Bertz CT molecular complexity index is 840. The van der Waals surface area contributed by atoms with Crippen LogP contribution in [0.3, 0.4) is 0 Å². The number of ether oxygens (including phenoxy) is 1. The van der Waals surface area contributed by atoms with Crippen molar-refractivity contribution in [2.45, 2.75) is 25.0 Å². The molecule has 0 unspecified atom stereocenters. The lowest BCUT2D eigenvalue weighted by atomic mass is 9.93. The Balaban J connectivity index is 1.34. The van der Waals surface area contributed by atoms with Gasteiger partial charge in [-0.15, -0.1) is 11.3 Å². The minimum Gasteiger partial charge on any atom is -0.439 e. The van der Waals surface area contributed by atoms with E-state index in [1.165, 1.54) is 11.3 Å². The molecule has 27 heavy (non-hydrogen) atoms. The van der Waals surface area contributed by atoms with Crippen LogP contribution in [-0.2, 0) is 11.3 Å². The molecule has 1 N–H and O–H groups in total. The van der Waals surface area contributed by atoms with Gasteiger partial charge in [0.15, 0.2) is 0 Å². The van der Waals surface area contributed by atoms with Crippen LogP contribution in [0.5, 0.6) is 0 Å². The van der Waals surface area contributed by atoms with Gasteiger partial charge in [0.25, 0.3) is 0 Å². The quantitative estimate of drug-likeness (QED) is 0.880. The van der Waals surface area contributed by atoms with Crippen molar-refractivity contribution in [3.8, 4) is 11.3 Å². The highest BCUT2D eigenvalue weighted by Crippen LogP contribution is 2.31. The highest BCUT2D eigenvalue weighted by molar-refractivity contribution is 7.09. The monoisotopic (exact) mass is 386 g/mol. The van der Waals surface area contributed by atoms with Gasteiger partial charge in [-0.1, -0.05) is 30.3 Å². The normalized spacial score (nSPS) is 22.2. The summed E-state index contributed by atoms with van der Waals surface area (Å²) in [5.74, 6) is 0. The fourth-order valence-corrected chi connectivity index (χ4v) is 4.42. The largest absolute Gasteiger partial charge is 0.439 e. The Morgan fingerprint density at radius 1 is 1.33 bits per heavy atom. The van der Waals surface area contributed by atoms with Crippen molar-refractivity contribution >= 4 is 23.5 Å². The molecular weight excluding hydrogens is 364 g/mol. The summed E-state index contributed by atoms with van der Waals surface area (Å²) in [7, 11) is 1.73. The molecule has 7 nitrogen and oxygen atoms in total. The molecule has 0 radical (unpaired) electrons. The molecule has 2 aliphatic rings. The Hall–Kier alpha value is -2.61. The van der Waals surface area contributed by atoms with Crippen LogP contribution < -0.4 is 5.32 Å². The molecule has 2 saturated heterocycles. The fourth-order valence-electron chi connectivity index (χ4n) is 3.67. The number of benzene rings is 1. The van der Waals surface area contributed by atoms with E-state index in [0.717, 1.165) is 29.1 Å². The van der Waals surface area contributed by atoms with Crippen LogP contribution in [0.15, 0.2) is 35.7 Å². The number of nitrogens with zero attached hydrogens (tertiary/aromatic N) is 3. The third-order valence-corrected chi connectivity index (χ3v) is 5.83. The van der Waals surface area contributed by atoms with Gasteiger partial charge in [0.2, 0.25) is 0 Å². The van der Waals surface area contributed by atoms with E-state index < -0.39 is 5.60 Å². The summed E-state index contributed by atoms with van der Waals surface area (Å²) in [5, 5.41) is 5.81. The van der Waals surface area contributed by atoms with Crippen LogP contribution in [0.2, 0.25) is 0 Å². The highest BCUT2D eigenvalue weighted by Gasteiger charge is 2.47. The second-order valence-electron chi connectivity index (χ2n) is 7.08. The molecule has 8 heteroatoms. The van der Waals surface area contributed by atoms with E-state index in [1.807, 2.05) is 35.7 Å². The van der Waals surface area contributed by atoms with E-state index in [1.54, 1.807) is 16.8 Å². The van der Waals surface area contributed by atoms with Crippen LogP contribution >= 0.6 is 11.3 Å². The third kappa shape index (κ3) is 3.75. The first-order valence-corrected chi connectivity index (χ1v) is 9.89. The lowest BCUT2D eigenvalue weighted by Gasteiger charge is -2.38. The molecule has 1 atom stereocenters. The number of thiazole rings is 1. The number of amides is 3. The average Bonchev–Trinajstić information content (AvgIpc) is 3.25. The topological polar surface area (TPSA) is 74.8 Å². The number of aromatic nitrogens is 1. The van der Waals surface area contributed by atoms with Crippen LogP contribution in [0.25, 0.3) is 11.3 Å². The van der Waals surface area contributed by atoms with Gasteiger partial charge in [-0.2, -0.15) is 0 Å². The van der Waals surface area contributed by atoms with E-state index in [2.05, 4.69) is 10.3 Å². The number of nitrogens with one attached hydrogen (secondary N) is 1. The lowest BCUT2D eigenvalue weighted by molar-refractivity contribution is 0.00318. The highest BCUT2D eigenvalue weighted by atomic mass is 32.1. The van der Waals surface area contributed by atoms with Crippen LogP contribution in [0.1, 0.15) is 17.8 Å². The molecule has 3 heterocycles. The average molecular weight is 386 g/mol. The van der Waals surface area contributed by atoms with Gasteiger partial charge in [-0.25, -0.2) is 14.6 Å². The number of hydrogen-bond acceptors (Lipinski definition) is 5. The van der Waals surface area contributed by atoms with Crippen LogP contribution in [0, 0.1) is 0 Å². The first kappa shape index (κ1) is 17.8. The number of likely N-dealkylation sites (tertiary alicyclic amines) is 1. The molecule has 0 aliphatic carbocycles. The van der Waals surface area contributed by atoms with Crippen LogP contribution in [0.4, 0.5) is 9.59 Å². The number of carbonyl (C=O) groups excluding carboxylic acids is 2. The van der Waals surface area contributed by atoms with Crippen LogP contribution in [-0.4, -0.2) is 59.2 Å². The molecule has 1 spiro atoms. The number of carbonyl (C=O) groups is 2. The van der Waals surface area contributed by atoms with E-state index in [9.17, 15) is 9.59 Å². The molecule has 0 bridgehead atoms. The Kier molecular flexibility index (Phi) is 4.73. The molecule has 2 aliphatic heterocycles. The van der Waals surface area contributed by atoms with E-state index >= 15 is 0 Å². The molecule has 1 aromatic heterocycles. The molecule has 1 aromatic carbocycles. The number of rotatable bonds is 3. The minimum absolute atomic E-state index is 0.142. The first-order valence-electron chi connectivity index (χ1n) is 9.01. The predicted octanol–water partition coefficient (Wildman–Crippen LogP) is 2.94. The second-order valence-corrected chi connectivity index (χ2v) is 8.03. The maximum absolute atomic E-state index is 12.6. The zero-order valence-electron chi connectivity index (χ0n) is 15.2. The van der Waals surface area contributed by atoms with Crippen molar-refractivity contribution in [1.82, 2.24) is 20.1 Å². The maximum atomic E-state index is 12.6. The van der Waals surface area contributed by atoms with Crippen molar-refractivity contribution < 1.29 is 14.3 Å². The maximum Gasteiger partial charge on any atom is 0.410 e. The van der Waals surface area contributed by atoms with Gasteiger partial charge in [0.05, 0.1) is 25.3 Å². The summed E-state index contributed by atoms with van der Waals surface area (Å²) in [5.41, 5.74) is 1.42. The predicted molar refractivity (Wildman–Crippen MR) is 102 cm³/mol. The summed E-state index contributed by atoms with van der Waals surface area (Å²) in [4.78, 5) is 32.2. The second kappa shape index (κ2) is 7.19. The Labute approximate surface area is 161 Å². The number of hydrogen-bond donors (Lipinski definition) is 1. The molecule has 2 fully saturated rings.